The largest absolute Gasteiger partial charge is 0.399 e. The van der Waals surface area contributed by atoms with Crippen LogP contribution in [0.2, 0.25) is 0 Å². The quantitative estimate of drug-likeness (QED) is 0.266. The maximum atomic E-state index is 9.33. The summed E-state index contributed by atoms with van der Waals surface area (Å²) in [6.07, 6.45) is 1.57. The molecule has 0 fully saturated rings. The van der Waals surface area contributed by atoms with Gasteiger partial charge in [0.2, 0.25) is 0 Å². The highest BCUT2D eigenvalue weighted by molar-refractivity contribution is 6.12. The molecule has 0 N–H and O–H groups in total. The average molecular weight is 87.1 g/mol. The molecule has 3 nitrogen and oxygen atoms in total. The van der Waals surface area contributed by atoms with Crippen LogP contribution in [0.15, 0.2) is 5.16 Å². The molecule has 0 aromatic heterocycles. The monoisotopic (exact) mass is 87.0 g/mol. The van der Waals surface area contributed by atoms with Crippen LogP contribution in [-0.2, 0) is 9.63 Å². The van der Waals surface area contributed by atoms with E-state index in [2.05, 4.69) is 9.99 Å². The van der Waals surface area contributed by atoms with Crippen LogP contribution in [0.4, 0.5) is 0 Å². The number of carbonyl (C=O) groups excluding carboxylic acids is 1. The zero-order valence-corrected chi connectivity index (χ0v) is 3.42. The van der Waals surface area contributed by atoms with Crippen molar-refractivity contribution in [1.82, 2.24) is 0 Å². The predicted molar refractivity (Wildman–Crippen MR) is 21.6 cm³/mol. The number of nitrogens with zero attached hydrogens (tertiary/aromatic N) is 1. The third-order valence-corrected chi connectivity index (χ3v) is 0.227. The van der Waals surface area contributed by atoms with Gasteiger partial charge in [-0.1, -0.05) is 5.16 Å². The standard InChI is InChI=1S/C3H5NO2/c1-6-4-2-3-5/h2-3H,1H3/b4-2-. The molecular weight excluding hydrogens is 82.0 g/mol. The topological polar surface area (TPSA) is 38.7 Å². The molecule has 0 saturated carbocycles. The van der Waals surface area contributed by atoms with Crippen LogP contribution in [0, 0.1) is 0 Å². The number of hydrogen-bond acceptors (Lipinski definition) is 3. The highest BCUT2D eigenvalue weighted by atomic mass is 16.6. The van der Waals surface area contributed by atoms with Crippen molar-refractivity contribution in [1.29, 1.82) is 0 Å². The van der Waals surface area contributed by atoms with Crippen molar-refractivity contribution < 1.29 is 9.63 Å². The Balaban J connectivity index is 2.94. The molecule has 0 radical (unpaired) electrons. The molecule has 34 valence electrons. The molecule has 0 bridgehead atoms. The van der Waals surface area contributed by atoms with Gasteiger partial charge >= 0.3 is 0 Å². The van der Waals surface area contributed by atoms with Gasteiger partial charge in [-0.05, 0) is 0 Å². The number of carbonyl (C=O) groups is 1. The number of oxime groups is 1. The highest BCUT2D eigenvalue weighted by Gasteiger charge is 1.57. The van der Waals surface area contributed by atoms with E-state index in [4.69, 9.17) is 0 Å². The van der Waals surface area contributed by atoms with E-state index in [1.807, 2.05) is 0 Å². The van der Waals surface area contributed by atoms with Crippen LogP contribution in [-0.4, -0.2) is 19.6 Å². The second-order valence-electron chi connectivity index (χ2n) is 0.573. The molecule has 0 aliphatic rings. The van der Waals surface area contributed by atoms with Crippen molar-refractivity contribution in [2.24, 2.45) is 5.16 Å². The SMILES string of the molecule is CO/N=C\C=O. The summed E-state index contributed by atoms with van der Waals surface area (Å²) in [6.45, 7) is 0. The van der Waals surface area contributed by atoms with Crippen LogP contribution in [0.1, 0.15) is 0 Å². The molecule has 0 aliphatic carbocycles. The zero-order chi connectivity index (χ0) is 4.83. The van der Waals surface area contributed by atoms with Crippen molar-refractivity contribution in [3.63, 3.8) is 0 Å². The molecule has 0 aromatic rings. The Morgan fingerprint density at radius 1 is 1.83 bits per heavy atom. The van der Waals surface area contributed by atoms with Gasteiger partial charge in [0.05, 0.1) is 0 Å². The molecule has 0 aliphatic heterocycles. The molecule has 0 heterocycles. The molecule has 0 atom stereocenters. The molecular formula is C3H5NO2. The van der Waals surface area contributed by atoms with E-state index in [1.165, 1.54) is 7.11 Å². The number of rotatable bonds is 2. The Bertz CT molecular complexity index is 59.8. The molecule has 0 amide bonds. The van der Waals surface area contributed by atoms with E-state index in [1.54, 1.807) is 0 Å². The Morgan fingerprint density at radius 2 is 2.50 bits per heavy atom. The van der Waals surface area contributed by atoms with Gasteiger partial charge in [0.15, 0.2) is 6.29 Å². The minimum absolute atomic E-state index is 0.545. The summed E-state index contributed by atoms with van der Waals surface area (Å²) in [6, 6.07) is 0. The fourth-order valence-corrected chi connectivity index (χ4v) is 0.0857. The predicted octanol–water partition coefficient (Wildman–Crippen LogP) is -0.182. The minimum Gasteiger partial charge on any atom is -0.399 e. The fourth-order valence-electron chi connectivity index (χ4n) is 0.0857. The van der Waals surface area contributed by atoms with E-state index < -0.39 is 0 Å². The van der Waals surface area contributed by atoms with Crippen LogP contribution in [0.25, 0.3) is 0 Å². The normalized spacial score (nSPS) is 8.83. The van der Waals surface area contributed by atoms with Crippen LogP contribution in [0.3, 0.4) is 0 Å². The van der Waals surface area contributed by atoms with Gasteiger partial charge in [0, 0.05) is 0 Å². The molecule has 0 spiro atoms. The molecule has 6 heavy (non-hydrogen) atoms. The minimum atomic E-state index is 0.545. The van der Waals surface area contributed by atoms with Gasteiger partial charge in [0.1, 0.15) is 13.3 Å². The summed E-state index contributed by atoms with van der Waals surface area (Å²) in [7, 11) is 1.38. The maximum absolute atomic E-state index is 9.33. The summed E-state index contributed by atoms with van der Waals surface area (Å²) in [4.78, 5) is 13.5. The average Bonchev–Trinajstić information content (AvgIpc) is 1.61. The Morgan fingerprint density at radius 3 is 2.67 bits per heavy atom. The van der Waals surface area contributed by atoms with E-state index in [9.17, 15) is 4.79 Å². The fraction of sp³-hybridized carbons (Fsp3) is 0.333. The first kappa shape index (κ1) is 5.14. The Kier molecular flexibility index (Phi) is 3.55. The number of hydrogen-bond donors (Lipinski definition) is 0. The van der Waals surface area contributed by atoms with Crippen molar-refractivity contribution in [2.45, 2.75) is 0 Å². The summed E-state index contributed by atoms with van der Waals surface area (Å²) in [5.74, 6) is 0. The lowest BCUT2D eigenvalue weighted by Crippen LogP contribution is -1.72. The molecule has 0 aromatic carbocycles. The van der Waals surface area contributed by atoms with E-state index >= 15 is 0 Å². The van der Waals surface area contributed by atoms with E-state index in [0.717, 1.165) is 6.21 Å². The van der Waals surface area contributed by atoms with Crippen molar-refractivity contribution in [2.75, 3.05) is 7.11 Å². The summed E-state index contributed by atoms with van der Waals surface area (Å²) < 4.78 is 0. The number of aldehydes is 1. The lowest BCUT2D eigenvalue weighted by molar-refractivity contribution is -0.102. The lowest BCUT2D eigenvalue weighted by Gasteiger charge is -1.74. The summed E-state index contributed by atoms with van der Waals surface area (Å²) in [5.41, 5.74) is 0. The smallest absolute Gasteiger partial charge is 0.164 e. The maximum Gasteiger partial charge on any atom is 0.164 e. The van der Waals surface area contributed by atoms with Gasteiger partial charge in [-0.2, -0.15) is 0 Å². The van der Waals surface area contributed by atoms with Crippen LogP contribution in [0.5, 0.6) is 0 Å². The third kappa shape index (κ3) is 3.14. The van der Waals surface area contributed by atoms with Gasteiger partial charge in [-0.3, -0.25) is 4.79 Å². The molecule has 0 saturated heterocycles. The molecule has 3 heteroatoms. The molecule has 0 unspecified atom stereocenters. The van der Waals surface area contributed by atoms with E-state index in [-0.39, 0.29) is 0 Å². The van der Waals surface area contributed by atoms with Crippen LogP contribution >= 0.6 is 0 Å². The van der Waals surface area contributed by atoms with Gasteiger partial charge < -0.3 is 4.84 Å². The Hall–Kier alpha value is -0.860. The first-order chi connectivity index (χ1) is 2.91. The second kappa shape index (κ2) is 4.14. The second-order valence-corrected chi connectivity index (χ2v) is 0.573. The summed E-state index contributed by atoms with van der Waals surface area (Å²) in [5, 5.41) is 3.10. The summed E-state index contributed by atoms with van der Waals surface area (Å²) >= 11 is 0. The first-order valence-electron chi connectivity index (χ1n) is 1.42. The third-order valence-electron chi connectivity index (χ3n) is 0.227. The van der Waals surface area contributed by atoms with Gasteiger partial charge in [0.25, 0.3) is 0 Å². The van der Waals surface area contributed by atoms with E-state index in [0.29, 0.717) is 6.29 Å². The van der Waals surface area contributed by atoms with Crippen molar-refractivity contribution >= 4 is 12.5 Å². The van der Waals surface area contributed by atoms with Gasteiger partial charge in [-0.15, -0.1) is 0 Å². The molecule has 0 rings (SSSR count). The van der Waals surface area contributed by atoms with Crippen LogP contribution < -0.4 is 0 Å². The van der Waals surface area contributed by atoms with Gasteiger partial charge in [-0.25, -0.2) is 0 Å². The lowest BCUT2D eigenvalue weighted by atomic mass is 10.9. The highest BCUT2D eigenvalue weighted by Crippen LogP contribution is 1.56. The zero-order valence-electron chi connectivity index (χ0n) is 3.42. The first-order valence-corrected chi connectivity index (χ1v) is 1.42. The van der Waals surface area contributed by atoms with Crippen molar-refractivity contribution in [3.05, 3.63) is 0 Å². The van der Waals surface area contributed by atoms with Crippen molar-refractivity contribution in [3.8, 4) is 0 Å². The Labute approximate surface area is 35.6 Å².